The fraction of sp³-hybridized carbons (Fsp3) is 0.0417. The SMILES string of the molecule is O=C(NN1C(=O)/C(=C\c2ccccc2OCc2ccc(Cl)cc2)SC1=S)c1ccccc1. The van der Waals surface area contributed by atoms with E-state index in [2.05, 4.69) is 5.43 Å². The van der Waals surface area contributed by atoms with Gasteiger partial charge in [-0.3, -0.25) is 15.0 Å². The van der Waals surface area contributed by atoms with Crippen molar-refractivity contribution in [1.82, 2.24) is 10.4 Å². The highest BCUT2D eigenvalue weighted by molar-refractivity contribution is 8.26. The quantitative estimate of drug-likeness (QED) is 0.374. The molecule has 3 aromatic carbocycles. The summed E-state index contributed by atoms with van der Waals surface area (Å²) in [6.07, 6.45) is 1.71. The predicted octanol–water partition coefficient (Wildman–Crippen LogP) is 5.47. The Kier molecular flexibility index (Phi) is 6.90. The topological polar surface area (TPSA) is 58.6 Å². The van der Waals surface area contributed by atoms with Gasteiger partial charge in [-0.25, -0.2) is 0 Å². The lowest BCUT2D eigenvalue weighted by Gasteiger charge is -2.15. The van der Waals surface area contributed by atoms with Crippen molar-refractivity contribution in [1.29, 1.82) is 0 Å². The number of ether oxygens (including phenoxy) is 1. The van der Waals surface area contributed by atoms with Gasteiger partial charge in [0.2, 0.25) is 0 Å². The second kappa shape index (κ2) is 9.99. The predicted molar refractivity (Wildman–Crippen MR) is 131 cm³/mol. The van der Waals surface area contributed by atoms with Crippen LogP contribution in [-0.4, -0.2) is 21.1 Å². The number of carbonyl (C=O) groups is 2. The number of thioether (sulfide) groups is 1. The van der Waals surface area contributed by atoms with Crippen molar-refractivity contribution < 1.29 is 14.3 Å². The third-order valence-corrected chi connectivity index (χ3v) is 6.11. The zero-order valence-corrected chi connectivity index (χ0v) is 19.0. The van der Waals surface area contributed by atoms with Crippen molar-refractivity contribution in [2.24, 2.45) is 0 Å². The normalized spacial score (nSPS) is 14.7. The van der Waals surface area contributed by atoms with Crippen LogP contribution in [0.4, 0.5) is 0 Å². The van der Waals surface area contributed by atoms with Gasteiger partial charge in [-0.2, -0.15) is 5.01 Å². The van der Waals surface area contributed by atoms with Gasteiger partial charge in [-0.05, 0) is 54.2 Å². The summed E-state index contributed by atoms with van der Waals surface area (Å²) in [6, 6.07) is 23.4. The standard InChI is InChI=1S/C24H17ClN2O3S2/c25-19-12-10-16(11-13-19)15-30-20-9-5-4-8-18(20)14-21-23(29)27(24(31)32-21)26-22(28)17-6-2-1-3-7-17/h1-14H,15H2,(H,26,28)/b21-14+. The van der Waals surface area contributed by atoms with Crippen LogP contribution >= 0.6 is 35.6 Å². The highest BCUT2D eigenvalue weighted by Crippen LogP contribution is 2.33. The number of rotatable bonds is 6. The largest absolute Gasteiger partial charge is 0.488 e. The van der Waals surface area contributed by atoms with Crippen LogP contribution in [0.25, 0.3) is 6.08 Å². The van der Waals surface area contributed by atoms with E-state index in [4.69, 9.17) is 28.6 Å². The molecule has 0 atom stereocenters. The van der Waals surface area contributed by atoms with E-state index in [1.807, 2.05) is 42.5 Å². The molecule has 0 radical (unpaired) electrons. The number of benzene rings is 3. The second-order valence-corrected chi connectivity index (χ2v) is 8.89. The molecule has 0 aromatic heterocycles. The molecule has 0 saturated carbocycles. The minimum atomic E-state index is -0.408. The van der Waals surface area contributed by atoms with E-state index in [0.717, 1.165) is 27.9 Å². The molecule has 2 amide bonds. The Morgan fingerprint density at radius 2 is 1.72 bits per heavy atom. The van der Waals surface area contributed by atoms with E-state index < -0.39 is 11.8 Å². The van der Waals surface area contributed by atoms with Crippen LogP contribution in [0.3, 0.4) is 0 Å². The summed E-state index contributed by atoms with van der Waals surface area (Å²) in [6.45, 7) is 0.357. The van der Waals surface area contributed by atoms with Crippen molar-refractivity contribution in [2.75, 3.05) is 0 Å². The number of hydrogen-bond donors (Lipinski definition) is 1. The molecule has 1 heterocycles. The zero-order chi connectivity index (χ0) is 22.5. The molecule has 4 rings (SSSR count). The van der Waals surface area contributed by atoms with Crippen molar-refractivity contribution in [3.8, 4) is 5.75 Å². The van der Waals surface area contributed by atoms with Crippen molar-refractivity contribution in [3.63, 3.8) is 0 Å². The van der Waals surface area contributed by atoms with Gasteiger partial charge in [0.1, 0.15) is 12.4 Å². The van der Waals surface area contributed by atoms with E-state index in [1.54, 1.807) is 42.5 Å². The maximum atomic E-state index is 12.9. The summed E-state index contributed by atoms with van der Waals surface area (Å²) in [5.74, 6) is -0.173. The van der Waals surface area contributed by atoms with Crippen LogP contribution in [0.1, 0.15) is 21.5 Å². The van der Waals surface area contributed by atoms with E-state index in [0.29, 0.717) is 27.8 Å². The number of halogens is 1. The summed E-state index contributed by atoms with van der Waals surface area (Å²) >= 11 is 12.4. The lowest BCUT2D eigenvalue weighted by Crippen LogP contribution is -2.44. The molecule has 0 bridgehead atoms. The molecule has 32 heavy (non-hydrogen) atoms. The van der Waals surface area contributed by atoms with Crippen LogP contribution in [0.5, 0.6) is 5.75 Å². The van der Waals surface area contributed by atoms with Gasteiger partial charge < -0.3 is 4.74 Å². The lowest BCUT2D eigenvalue weighted by molar-refractivity contribution is -0.123. The summed E-state index contributed by atoms with van der Waals surface area (Å²) in [5.41, 5.74) is 4.72. The first kappa shape index (κ1) is 22.1. The minimum absolute atomic E-state index is 0.255. The summed E-state index contributed by atoms with van der Waals surface area (Å²) in [7, 11) is 0. The van der Waals surface area contributed by atoms with Crippen molar-refractivity contribution >= 4 is 57.8 Å². The molecule has 1 aliphatic rings. The Morgan fingerprint density at radius 3 is 2.47 bits per heavy atom. The molecule has 1 aliphatic heterocycles. The van der Waals surface area contributed by atoms with E-state index in [-0.39, 0.29) is 4.32 Å². The fourth-order valence-corrected chi connectivity index (χ4v) is 4.23. The number of hydrazine groups is 1. The lowest BCUT2D eigenvalue weighted by atomic mass is 10.2. The van der Waals surface area contributed by atoms with Gasteiger partial charge in [0, 0.05) is 16.1 Å². The number of para-hydroxylation sites is 1. The first-order valence-corrected chi connectivity index (χ1v) is 11.2. The van der Waals surface area contributed by atoms with Crippen LogP contribution in [0.15, 0.2) is 83.8 Å². The van der Waals surface area contributed by atoms with E-state index >= 15 is 0 Å². The summed E-state index contributed by atoms with van der Waals surface area (Å²) in [5, 5.41) is 1.76. The maximum Gasteiger partial charge on any atom is 0.285 e. The van der Waals surface area contributed by atoms with Gasteiger partial charge in [0.05, 0.1) is 4.91 Å². The Hall–Kier alpha value is -3.13. The smallest absolute Gasteiger partial charge is 0.285 e. The van der Waals surface area contributed by atoms with E-state index in [1.165, 1.54) is 0 Å². The third kappa shape index (κ3) is 5.19. The molecule has 160 valence electrons. The Balaban J connectivity index is 1.49. The van der Waals surface area contributed by atoms with Crippen LogP contribution < -0.4 is 10.2 Å². The van der Waals surface area contributed by atoms with Crippen molar-refractivity contribution in [2.45, 2.75) is 6.61 Å². The Labute approximate surface area is 200 Å². The molecule has 0 unspecified atom stereocenters. The van der Waals surface area contributed by atoms with Gasteiger partial charge in [0.25, 0.3) is 11.8 Å². The molecule has 3 aromatic rings. The average Bonchev–Trinajstić information content (AvgIpc) is 3.07. The maximum absolute atomic E-state index is 12.9. The summed E-state index contributed by atoms with van der Waals surface area (Å²) in [4.78, 5) is 25.7. The van der Waals surface area contributed by atoms with Crippen molar-refractivity contribution in [3.05, 3.63) is 105 Å². The minimum Gasteiger partial charge on any atom is -0.488 e. The molecular weight excluding hydrogens is 464 g/mol. The van der Waals surface area contributed by atoms with Crippen LogP contribution in [0, 0.1) is 0 Å². The molecule has 1 fully saturated rings. The zero-order valence-electron chi connectivity index (χ0n) is 16.7. The average molecular weight is 481 g/mol. The highest BCUT2D eigenvalue weighted by Gasteiger charge is 2.34. The van der Waals surface area contributed by atoms with Gasteiger partial charge >= 0.3 is 0 Å². The number of carbonyl (C=O) groups excluding carboxylic acids is 2. The Bertz CT molecular complexity index is 1200. The Morgan fingerprint density at radius 1 is 1.03 bits per heavy atom. The highest BCUT2D eigenvalue weighted by atomic mass is 35.5. The molecule has 0 spiro atoms. The first-order valence-electron chi connectivity index (χ1n) is 9.61. The second-order valence-electron chi connectivity index (χ2n) is 6.78. The molecule has 8 heteroatoms. The molecule has 0 aliphatic carbocycles. The number of amides is 2. The molecule has 1 saturated heterocycles. The van der Waals surface area contributed by atoms with Gasteiger partial charge in [-0.15, -0.1) is 0 Å². The molecule has 5 nitrogen and oxygen atoms in total. The van der Waals surface area contributed by atoms with Crippen LogP contribution in [-0.2, 0) is 11.4 Å². The van der Waals surface area contributed by atoms with Gasteiger partial charge in [-0.1, -0.05) is 71.9 Å². The monoisotopic (exact) mass is 480 g/mol. The first-order chi connectivity index (χ1) is 15.5. The number of hydrogen-bond acceptors (Lipinski definition) is 5. The van der Waals surface area contributed by atoms with Crippen LogP contribution in [0.2, 0.25) is 5.02 Å². The van der Waals surface area contributed by atoms with Gasteiger partial charge in [0.15, 0.2) is 4.32 Å². The van der Waals surface area contributed by atoms with E-state index in [9.17, 15) is 9.59 Å². The molecule has 1 N–H and O–H groups in total. The number of thiocarbonyl (C=S) groups is 1. The number of nitrogens with zero attached hydrogens (tertiary/aromatic N) is 1. The molecular formula is C24H17ClN2O3S2. The number of nitrogens with one attached hydrogen (secondary N) is 1. The summed E-state index contributed by atoms with van der Waals surface area (Å²) < 4.78 is 6.21. The fourth-order valence-electron chi connectivity index (χ4n) is 2.93. The third-order valence-electron chi connectivity index (χ3n) is 4.56.